The van der Waals surface area contributed by atoms with Crippen molar-refractivity contribution in [1.29, 1.82) is 0 Å². The lowest BCUT2D eigenvalue weighted by Crippen LogP contribution is -2.15. The maximum atomic E-state index is 13.6. The lowest BCUT2D eigenvalue weighted by molar-refractivity contribution is 0.590. The predicted octanol–water partition coefficient (Wildman–Crippen LogP) is 3.77. The first-order chi connectivity index (χ1) is 8.56. The van der Waals surface area contributed by atoms with E-state index in [1.54, 1.807) is 18.2 Å². The van der Waals surface area contributed by atoms with Gasteiger partial charge in [-0.15, -0.1) is 0 Å². The zero-order valence-electron chi connectivity index (χ0n) is 9.41. The van der Waals surface area contributed by atoms with Crippen LogP contribution in [-0.4, -0.2) is 4.98 Å². The Morgan fingerprint density at radius 1 is 1.17 bits per heavy atom. The van der Waals surface area contributed by atoms with Gasteiger partial charge in [-0.1, -0.05) is 23.2 Å². The Kier molecular flexibility index (Phi) is 4.17. The summed E-state index contributed by atoms with van der Waals surface area (Å²) in [6.45, 7) is 0. The van der Waals surface area contributed by atoms with Gasteiger partial charge in [0.1, 0.15) is 5.82 Å². The zero-order chi connectivity index (χ0) is 13.1. The van der Waals surface area contributed by atoms with Gasteiger partial charge in [-0.05, 0) is 42.3 Å². The summed E-state index contributed by atoms with van der Waals surface area (Å²) < 4.78 is 13.6. The van der Waals surface area contributed by atoms with E-state index in [-0.39, 0.29) is 5.82 Å². The molecule has 0 radical (unpaired) electrons. The van der Waals surface area contributed by atoms with Crippen molar-refractivity contribution in [2.24, 2.45) is 5.73 Å². The molecule has 0 aliphatic carbocycles. The normalized spacial score (nSPS) is 12.4. The van der Waals surface area contributed by atoms with E-state index in [2.05, 4.69) is 4.98 Å². The monoisotopic (exact) mass is 284 g/mol. The number of pyridine rings is 1. The van der Waals surface area contributed by atoms with Crippen LogP contribution in [0.15, 0.2) is 36.5 Å². The Bertz CT molecular complexity index is 543. The first-order valence-corrected chi connectivity index (χ1v) is 6.13. The van der Waals surface area contributed by atoms with Gasteiger partial charge in [-0.2, -0.15) is 0 Å². The minimum atomic E-state index is -0.393. The SMILES string of the molecule is NC(Cc1cc(Cl)ccc1F)c1ccc(Cl)cn1. The van der Waals surface area contributed by atoms with Gasteiger partial charge in [0.25, 0.3) is 0 Å². The van der Waals surface area contributed by atoms with Crippen molar-refractivity contribution in [1.82, 2.24) is 4.98 Å². The average Bonchev–Trinajstić information content (AvgIpc) is 2.34. The van der Waals surface area contributed by atoms with Gasteiger partial charge in [0.2, 0.25) is 0 Å². The summed E-state index contributed by atoms with van der Waals surface area (Å²) in [5.41, 5.74) is 7.12. The molecule has 2 N–H and O–H groups in total. The molecule has 1 aromatic carbocycles. The average molecular weight is 285 g/mol. The van der Waals surface area contributed by atoms with Crippen LogP contribution in [0.1, 0.15) is 17.3 Å². The summed E-state index contributed by atoms with van der Waals surface area (Å²) in [5, 5.41) is 1.03. The van der Waals surface area contributed by atoms with Crippen molar-refractivity contribution in [3.63, 3.8) is 0 Å². The summed E-state index contributed by atoms with van der Waals surface area (Å²) in [6, 6.07) is 7.46. The summed E-state index contributed by atoms with van der Waals surface area (Å²) in [7, 11) is 0. The number of benzene rings is 1. The van der Waals surface area contributed by atoms with Gasteiger partial charge in [-0.25, -0.2) is 4.39 Å². The molecule has 1 atom stereocenters. The summed E-state index contributed by atoms with van der Waals surface area (Å²) in [5.74, 6) is -0.316. The molecule has 0 saturated heterocycles. The molecule has 1 unspecified atom stereocenters. The van der Waals surface area contributed by atoms with E-state index < -0.39 is 6.04 Å². The molecule has 0 spiro atoms. The molecule has 0 amide bonds. The Morgan fingerprint density at radius 3 is 2.56 bits per heavy atom. The zero-order valence-corrected chi connectivity index (χ0v) is 10.9. The van der Waals surface area contributed by atoms with Crippen molar-refractivity contribution in [2.45, 2.75) is 12.5 Å². The maximum absolute atomic E-state index is 13.6. The molecule has 2 rings (SSSR count). The minimum absolute atomic E-state index is 0.316. The highest BCUT2D eigenvalue weighted by molar-refractivity contribution is 6.30. The van der Waals surface area contributed by atoms with E-state index in [9.17, 15) is 4.39 Å². The fourth-order valence-corrected chi connectivity index (χ4v) is 1.95. The fraction of sp³-hybridized carbons (Fsp3) is 0.154. The molecule has 2 aromatic rings. The van der Waals surface area contributed by atoms with Crippen LogP contribution < -0.4 is 5.73 Å². The summed E-state index contributed by atoms with van der Waals surface area (Å²) in [4.78, 5) is 4.11. The van der Waals surface area contributed by atoms with Crippen LogP contribution in [0.5, 0.6) is 0 Å². The molecule has 18 heavy (non-hydrogen) atoms. The number of aromatic nitrogens is 1. The second-order valence-electron chi connectivity index (χ2n) is 3.95. The van der Waals surface area contributed by atoms with Gasteiger partial charge in [0.05, 0.1) is 16.8 Å². The molecule has 0 aliphatic heterocycles. The smallest absolute Gasteiger partial charge is 0.126 e. The van der Waals surface area contributed by atoms with Crippen molar-refractivity contribution >= 4 is 23.2 Å². The number of rotatable bonds is 3. The molecule has 5 heteroatoms. The van der Waals surface area contributed by atoms with E-state index in [1.807, 2.05) is 0 Å². The number of hydrogen-bond acceptors (Lipinski definition) is 2. The maximum Gasteiger partial charge on any atom is 0.126 e. The molecule has 0 fully saturated rings. The first kappa shape index (κ1) is 13.3. The van der Waals surface area contributed by atoms with Gasteiger partial charge >= 0.3 is 0 Å². The quantitative estimate of drug-likeness (QED) is 0.932. The standard InChI is InChI=1S/C13H11Cl2FN2/c14-9-1-3-11(16)8(5-9)6-12(17)13-4-2-10(15)7-18-13/h1-5,7,12H,6,17H2. The summed E-state index contributed by atoms with van der Waals surface area (Å²) in [6.07, 6.45) is 1.85. The van der Waals surface area contributed by atoms with Crippen LogP contribution in [0, 0.1) is 5.82 Å². The van der Waals surface area contributed by atoms with Crippen molar-refractivity contribution < 1.29 is 4.39 Å². The largest absolute Gasteiger partial charge is 0.322 e. The third kappa shape index (κ3) is 3.19. The van der Waals surface area contributed by atoms with Crippen molar-refractivity contribution in [2.75, 3.05) is 0 Å². The molecular weight excluding hydrogens is 274 g/mol. The number of nitrogens with zero attached hydrogens (tertiary/aromatic N) is 1. The molecule has 1 heterocycles. The van der Waals surface area contributed by atoms with Crippen LogP contribution >= 0.6 is 23.2 Å². The summed E-state index contributed by atoms with van der Waals surface area (Å²) >= 11 is 11.6. The third-order valence-electron chi connectivity index (χ3n) is 2.58. The highest BCUT2D eigenvalue weighted by atomic mass is 35.5. The molecule has 94 valence electrons. The Morgan fingerprint density at radius 2 is 1.89 bits per heavy atom. The molecular formula is C13H11Cl2FN2. The van der Waals surface area contributed by atoms with E-state index in [0.29, 0.717) is 27.7 Å². The highest BCUT2D eigenvalue weighted by Crippen LogP contribution is 2.21. The second-order valence-corrected chi connectivity index (χ2v) is 4.82. The molecule has 0 aliphatic rings. The lowest BCUT2D eigenvalue weighted by atomic mass is 10.0. The Hall–Kier alpha value is -1.16. The van der Waals surface area contributed by atoms with Crippen LogP contribution in [0.25, 0.3) is 0 Å². The first-order valence-electron chi connectivity index (χ1n) is 5.37. The number of halogens is 3. The van der Waals surface area contributed by atoms with E-state index in [0.717, 1.165) is 0 Å². The van der Waals surface area contributed by atoms with E-state index in [1.165, 1.54) is 18.3 Å². The predicted molar refractivity (Wildman–Crippen MR) is 71.3 cm³/mol. The van der Waals surface area contributed by atoms with Crippen LogP contribution in [0.3, 0.4) is 0 Å². The molecule has 0 saturated carbocycles. The van der Waals surface area contributed by atoms with Gasteiger partial charge in [0, 0.05) is 11.2 Å². The third-order valence-corrected chi connectivity index (χ3v) is 3.04. The second kappa shape index (κ2) is 5.65. The Labute approximate surface area is 115 Å². The topological polar surface area (TPSA) is 38.9 Å². The van der Waals surface area contributed by atoms with Crippen LogP contribution in [0.2, 0.25) is 10.0 Å². The van der Waals surface area contributed by atoms with Crippen molar-refractivity contribution in [3.8, 4) is 0 Å². The molecule has 1 aromatic heterocycles. The number of nitrogens with two attached hydrogens (primary N) is 1. The highest BCUT2D eigenvalue weighted by Gasteiger charge is 2.12. The van der Waals surface area contributed by atoms with E-state index >= 15 is 0 Å². The van der Waals surface area contributed by atoms with E-state index in [4.69, 9.17) is 28.9 Å². The number of hydrogen-bond donors (Lipinski definition) is 1. The fourth-order valence-electron chi connectivity index (χ4n) is 1.65. The Balaban J connectivity index is 2.18. The van der Waals surface area contributed by atoms with Gasteiger partial charge in [0.15, 0.2) is 0 Å². The van der Waals surface area contributed by atoms with Crippen molar-refractivity contribution in [3.05, 3.63) is 63.6 Å². The lowest BCUT2D eigenvalue weighted by Gasteiger charge is -2.12. The van der Waals surface area contributed by atoms with Crippen LogP contribution in [0.4, 0.5) is 4.39 Å². The molecule has 2 nitrogen and oxygen atoms in total. The van der Waals surface area contributed by atoms with Gasteiger partial charge in [-0.3, -0.25) is 4.98 Å². The minimum Gasteiger partial charge on any atom is -0.322 e. The van der Waals surface area contributed by atoms with Crippen LogP contribution in [-0.2, 0) is 6.42 Å². The van der Waals surface area contributed by atoms with Gasteiger partial charge < -0.3 is 5.73 Å². The molecule has 0 bridgehead atoms.